The number of aromatic amines is 1. The van der Waals surface area contributed by atoms with Gasteiger partial charge in [0, 0.05) is 17.2 Å². The van der Waals surface area contributed by atoms with E-state index < -0.39 is 11.2 Å². The number of aromatic nitrogens is 3. The molecular formula is C20H21BrN4O3. The normalized spacial score (nSPS) is 12.1. The van der Waals surface area contributed by atoms with Gasteiger partial charge in [-0.3, -0.25) is 19.1 Å². The third-order valence-electron chi connectivity index (χ3n) is 4.53. The molecule has 3 rings (SSSR count). The molecule has 146 valence electrons. The van der Waals surface area contributed by atoms with Gasteiger partial charge < -0.3 is 5.32 Å². The average molecular weight is 445 g/mol. The van der Waals surface area contributed by atoms with Gasteiger partial charge >= 0.3 is 5.69 Å². The van der Waals surface area contributed by atoms with Gasteiger partial charge in [0.1, 0.15) is 5.65 Å². The van der Waals surface area contributed by atoms with Crippen LogP contribution >= 0.6 is 15.9 Å². The van der Waals surface area contributed by atoms with Crippen molar-refractivity contribution in [3.63, 3.8) is 0 Å². The van der Waals surface area contributed by atoms with Crippen LogP contribution in [0.4, 0.5) is 0 Å². The Kier molecular flexibility index (Phi) is 6.08. The summed E-state index contributed by atoms with van der Waals surface area (Å²) in [5.74, 6) is -0.322. The summed E-state index contributed by atoms with van der Waals surface area (Å²) in [5, 5.41) is 3.20. The van der Waals surface area contributed by atoms with E-state index in [9.17, 15) is 14.4 Å². The van der Waals surface area contributed by atoms with Gasteiger partial charge in [-0.2, -0.15) is 0 Å². The smallest absolute Gasteiger partial charge is 0.329 e. The number of halogens is 1. The molecule has 0 radical (unpaired) electrons. The maximum atomic E-state index is 12.7. The topological polar surface area (TPSA) is 96.9 Å². The van der Waals surface area contributed by atoms with Crippen LogP contribution in [0.1, 0.15) is 48.7 Å². The maximum Gasteiger partial charge on any atom is 0.329 e. The predicted octanol–water partition coefficient (Wildman–Crippen LogP) is 3.14. The first-order valence-electron chi connectivity index (χ1n) is 9.13. The molecule has 1 aromatic carbocycles. The van der Waals surface area contributed by atoms with Crippen molar-refractivity contribution in [1.29, 1.82) is 0 Å². The van der Waals surface area contributed by atoms with Crippen LogP contribution in [0.25, 0.3) is 11.0 Å². The van der Waals surface area contributed by atoms with Crippen molar-refractivity contribution in [2.45, 2.75) is 39.3 Å². The number of benzene rings is 1. The minimum atomic E-state index is -0.547. The highest BCUT2D eigenvalue weighted by Gasteiger charge is 2.17. The maximum absolute atomic E-state index is 12.7. The molecule has 8 heteroatoms. The van der Waals surface area contributed by atoms with Gasteiger partial charge in [-0.05, 0) is 36.6 Å². The van der Waals surface area contributed by atoms with E-state index >= 15 is 0 Å². The highest BCUT2D eigenvalue weighted by molar-refractivity contribution is 9.10. The molecule has 2 heterocycles. The Hall–Kier alpha value is -2.74. The Morgan fingerprint density at radius 3 is 2.61 bits per heavy atom. The standard InChI is InChI=1S/C20H21BrN4O3/c1-3-9-25-17-15(19(27)24-20(25)28)10-13(11-22-17)18(26)23-16(4-2)12-5-7-14(21)8-6-12/h5-8,10-11,16H,3-4,9H2,1-2H3,(H,23,26)(H,24,27,28). The van der Waals surface area contributed by atoms with Crippen LogP contribution in [0.2, 0.25) is 0 Å². The molecule has 7 nitrogen and oxygen atoms in total. The summed E-state index contributed by atoms with van der Waals surface area (Å²) in [6, 6.07) is 9.07. The van der Waals surface area contributed by atoms with Crippen molar-refractivity contribution >= 4 is 32.9 Å². The summed E-state index contributed by atoms with van der Waals surface area (Å²) in [4.78, 5) is 43.5. The molecule has 28 heavy (non-hydrogen) atoms. The number of amides is 1. The fraction of sp³-hybridized carbons (Fsp3) is 0.300. The summed E-state index contributed by atoms with van der Waals surface area (Å²) >= 11 is 3.40. The van der Waals surface area contributed by atoms with Crippen LogP contribution < -0.4 is 16.6 Å². The minimum absolute atomic E-state index is 0.163. The lowest BCUT2D eigenvalue weighted by molar-refractivity contribution is 0.0935. The van der Waals surface area contributed by atoms with Gasteiger partial charge in [-0.25, -0.2) is 9.78 Å². The van der Waals surface area contributed by atoms with E-state index in [1.807, 2.05) is 38.1 Å². The molecule has 3 aromatic rings. The van der Waals surface area contributed by atoms with Gasteiger partial charge in [0.15, 0.2) is 0 Å². The summed E-state index contributed by atoms with van der Waals surface area (Å²) in [5.41, 5.74) is 0.504. The number of nitrogens with one attached hydrogen (secondary N) is 2. The number of rotatable bonds is 6. The van der Waals surface area contributed by atoms with Gasteiger partial charge in [-0.1, -0.05) is 41.9 Å². The first-order valence-corrected chi connectivity index (χ1v) is 9.93. The fourth-order valence-corrected chi connectivity index (χ4v) is 3.35. The van der Waals surface area contributed by atoms with Crippen molar-refractivity contribution in [2.24, 2.45) is 0 Å². The quantitative estimate of drug-likeness (QED) is 0.609. The SMILES string of the molecule is CCCn1c(=O)[nH]c(=O)c2cc(C(=O)NC(CC)c3ccc(Br)cc3)cnc21. The lowest BCUT2D eigenvalue weighted by atomic mass is 10.0. The molecule has 2 N–H and O–H groups in total. The second kappa shape index (κ2) is 8.52. The summed E-state index contributed by atoms with van der Waals surface area (Å²) < 4.78 is 2.38. The Morgan fingerprint density at radius 1 is 1.25 bits per heavy atom. The molecule has 0 bridgehead atoms. The van der Waals surface area contributed by atoms with Crippen molar-refractivity contribution in [2.75, 3.05) is 0 Å². The van der Waals surface area contributed by atoms with Gasteiger partial charge in [0.05, 0.1) is 17.0 Å². The molecule has 0 aliphatic carbocycles. The minimum Gasteiger partial charge on any atom is -0.345 e. The second-order valence-electron chi connectivity index (χ2n) is 6.49. The molecule has 1 atom stereocenters. The lowest BCUT2D eigenvalue weighted by Gasteiger charge is -2.18. The van der Waals surface area contributed by atoms with E-state index in [4.69, 9.17) is 0 Å². The van der Waals surface area contributed by atoms with Crippen LogP contribution in [0.5, 0.6) is 0 Å². The number of fused-ring (bicyclic) bond motifs is 1. The van der Waals surface area contributed by atoms with Crippen molar-refractivity contribution < 1.29 is 4.79 Å². The average Bonchev–Trinajstić information content (AvgIpc) is 2.69. The predicted molar refractivity (Wildman–Crippen MR) is 112 cm³/mol. The molecule has 2 aromatic heterocycles. The Labute approximate surface area is 169 Å². The van der Waals surface area contributed by atoms with Crippen molar-refractivity contribution in [3.8, 4) is 0 Å². The van der Waals surface area contributed by atoms with E-state index in [-0.39, 0.29) is 28.5 Å². The number of pyridine rings is 1. The molecule has 0 saturated carbocycles. The van der Waals surface area contributed by atoms with E-state index in [0.717, 1.165) is 16.5 Å². The first kappa shape index (κ1) is 20.0. The molecule has 1 unspecified atom stereocenters. The van der Waals surface area contributed by atoms with Crippen LogP contribution in [-0.2, 0) is 6.54 Å². The third kappa shape index (κ3) is 4.06. The number of H-pyrrole nitrogens is 1. The number of aryl methyl sites for hydroxylation is 1. The van der Waals surface area contributed by atoms with E-state index in [0.29, 0.717) is 13.0 Å². The third-order valence-corrected chi connectivity index (χ3v) is 5.06. The number of hydrogen-bond donors (Lipinski definition) is 2. The molecule has 0 aliphatic heterocycles. The lowest BCUT2D eigenvalue weighted by Crippen LogP contribution is -2.32. The fourth-order valence-electron chi connectivity index (χ4n) is 3.08. The van der Waals surface area contributed by atoms with E-state index in [1.165, 1.54) is 16.8 Å². The Bertz CT molecular complexity index is 1120. The van der Waals surface area contributed by atoms with Gasteiger partial charge in [0.25, 0.3) is 11.5 Å². The summed E-state index contributed by atoms with van der Waals surface area (Å²) in [6.45, 7) is 4.35. The summed E-state index contributed by atoms with van der Waals surface area (Å²) in [6.07, 6.45) is 2.83. The van der Waals surface area contributed by atoms with Crippen LogP contribution in [0, 0.1) is 0 Å². The molecular weight excluding hydrogens is 424 g/mol. The van der Waals surface area contributed by atoms with Gasteiger partial charge in [0.2, 0.25) is 0 Å². The zero-order chi connectivity index (χ0) is 20.3. The Morgan fingerprint density at radius 2 is 1.96 bits per heavy atom. The number of nitrogens with zero attached hydrogens (tertiary/aromatic N) is 2. The van der Waals surface area contributed by atoms with Crippen LogP contribution in [-0.4, -0.2) is 20.4 Å². The van der Waals surface area contributed by atoms with Crippen molar-refractivity contribution in [3.05, 3.63) is 73.0 Å². The summed E-state index contributed by atoms with van der Waals surface area (Å²) in [7, 11) is 0. The number of hydrogen-bond acceptors (Lipinski definition) is 4. The van der Waals surface area contributed by atoms with E-state index in [1.54, 1.807) is 0 Å². The zero-order valence-electron chi connectivity index (χ0n) is 15.7. The zero-order valence-corrected chi connectivity index (χ0v) is 17.2. The van der Waals surface area contributed by atoms with Crippen molar-refractivity contribution in [1.82, 2.24) is 19.9 Å². The molecule has 1 amide bonds. The van der Waals surface area contributed by atoms with Gasteiger partial charge in [-0.15, -0.1) is 0 Å². The largest absolute Gasteiger partial charge is 0.345 e. The second-order valence-corrected chi connectivity index (χ2v) is 7.41. The molecule has 0 saturated heterocycles. The van der Waals surface area contributed by atoms with Crippen LogP contribution in [0.15, 0.2) is 50.6 Å². The molecule has 0 fully saturated rings. The monoisotopic (exact) mass is 444 g/mol. The van der Waals surface area contributed by atoms with Crippen LogP contribution in [0.3, 0.4) is 0 Å². The Balaban J connectivity index is 1.94. The van der Waals surface area contributed by atoms with E-state index in [2.05, 4.69) is 31.2 Å². The highest BCUT2D eigenvalue weighted by atomic mass is 79.9. The highest BCUT2D eigenvalue weighted by Crippen LogP contribution is 2.20. The first-order chi connectivity index (χ1) is 13.4. The molecule has 0 aliphatic rings. The molecule has 0 spiro atoms. The number of carbonyl (C=O) groups excluding carboxylic acids is 1. The number of carbonyl (C=O) groups is 1.